The summed E-state index contributed by atoms with van der Waals surface area (Å²) in [6.07, 6.45) is 1.65. The number of thiophene rings is 1. The molecule has 4 rings (SSSR count). The number of Topliss-reactive ketones (excluding diaryl/α,β-unsaturated/α-hetero) is 1. The highest BCUT2D eigenvalue weighted by molar-refractivity contribution is 7.99. The maximum atomic E-state index is 13.6. The summed E-state index contributed by atoms with van der Waals surface area (Å²) >= 11 is 2.61. The molecule has 0 aliphatic rings. The molecule has 0 bridgehead atoms. The molecule has 1 aromatic carbocycles. The van der Waals surface area contributed by atoms with Gasteiger partial charge in [-0.1, -0.05) is 36.0 Å². The Hall–Kier alpha value is -3.43. The first-order valence-electron chi connectivity index (χ1n) is 11.9. The molecule has 0 saturated carbocycles. The molecule has 1 N–H and O–H groups in total. The SMILES string of the molecule is C=CCn1c(SCC(=O)c2[nH]c(C)c(C(=O)OCC)c2C)nc2scc(-c3ccc(C)c(C)c3)c2c1=O. The van der Waals surface area contributed by atoms with Gasteiger partial charge in [-0.2, -0.15) is 0 Å². The van der Waals surface area contributed by atoms with Crippen molar-refractivity contribution in [3.63, 3.8) is 0 Å². The summed E-state index contributed by atoms with van der Waals surface area (Å²) in [6.45, 7) is 13.6. The molecule has 0 aliphatic heterocycles. The fourth-order valence-electron chi connectivity index (χ4n) is 4.27. The molecule has 192 valence electrons. The van der Waals surface area contributed by atoms with E-state index in [4.69, 9.17) is 9.72 Å². The van der Waals surface area contributed by atoms with Crippen molar-refractivity contribution in [1.29, 1.82) is 0 Å². The van der Waals surface area contributed by atoms with E-state index >= 15 is 0 Å². The smallest absolute Gasteiger partial charge is 0.340 e. The van der Waals surface area contributed by atoms with Crippen molar-refractivity contribution >= 4 is 45.1 Å². The summed E-state index contributed by atoms with van der Waals surface area (Å²) in [5, 5.41) is 2.98. The van der Waals surface area contributed by atoms with Crippen molar-refractivity contribution in [1.82, 2.24) is 14.5 Å². The summed E-state index contributed by atoms with van der Waals surface area (Å²) in [7, 11) is 0. The molecule has 3 heterocycles. The van der Waals surface area contributed by atoms with Gasteiger partial charge in [-0.25, -0.2) is 9.78 Å². The van der Waals surface area contributed by atoms with Crippen LogP contribution in [-0.2, 0) is 11.3 Å². The van der Waals surface area contributed by atoms with Crippen LogP contribution in [0.15, 0.2) is 46.2 Å². The van der Waals surface area contributed by atoms with Gasteiger partial charge in [0.2, 0.25) is 0 Å². The van der Waals surface area contributed by atoms with E-state index in [0.717, 1.165) is 16.7 Å². The van der Waals surface area contributed by atoms with Gasteiger partial charge in [0.25, 0.3) is 5.56 Å². The topological polar surface area (TPSA) is 94.1 Å². The maximum Gasteiger partial charge on any atom is 0.340 e. The molecule has 0 atom stereocenters. The minimum atomic E-state index is -0.454. The van der Waals surface area contributed by atoms with E-state index in [1.54, 1.807) is 31.4 Å². The second-order valence-electron chi connectivity index (χ2n) is 8.78. The largest absolute Gasteiger partial charge is 0.462 e. The summed E-state index contributed by atoms with van der Waals surface area (Å²) in [5.74, 6) is -0.597. The number of esters is 1. The Morgan fingerprint density at radius 2 is 1.97 bits per heavy atom. The normalized spacial score (nSPS) is 11.2. The lowest BCUT2D eigenvalue weighted by Gasteiger charge is -2.11. The van der Waals surface area contributed by atoms with Gasteiger partial charge in [0, 0.05) is 23.2 Å². The lowest BCUT2D eigenvalue weighted by atomic mass is 10.0. The van der Waals surface area contributed by atoms with Gasteiger partial charge < -0.3 is 9.72 Å². The van der Waals surface area contributed by atoms with Crippen molar-refractivity contribution in [2.24, 2.45) is 0 Å². The number of nitrogens with zero attached hydrogens (tertiary/aromatic N) is 2. The first-order valence-corrected chi connectivity index (χ1v) is 13.8. The van der Waals surface area contributed by atoms with E-state index in [2.05, 4.69) is 37.5 Å². The number of carbonyl (C=O) groups is 2. The summed E-state index contributed by atoms with van der Waals surface area (Å²) in [5.41, 5.74) is 5.91. The van der Waals surface area contributed by atoms with E-state index in [9.17, 15) is 14.4 Å². The second-order valence-corrected chi connectivity index (χ2v) is 10.6. The lowest BCUT2D eigenvalue weighted by molar-refractivity contribution is 0.0525. The second kappa shape index (κ2) is 10.9. The van der Waals surface area contributed by atoms with E-state index in [-0.39, 0.29) is 30.2 Å². The zero-order valence-electron chi connectivity index (χ0n) is 21.6. The van der Waals surface area contributed by atoms with Crippen LogP contribution in [0.3, 0.4) is 0 Å². The molecule has 3 aromatic heterocycles. The Labute approximate surface area is 223 Å². The third kappa shape index (κ3) is 5.06. The molecule has 0 saturated heterocycles. The van der Waals surface area contributed by atoms with E-state index in [1.165, 1.54) is 28.7 Å². The highest BCUT2D eigenvalue weighted by Crippen LogP contribution is 2.33. The Morgan fingerprint density at radius 1 is 1.22 bits per heavy atom. The van der Waals surface area contributed by atoms with Crippen LogP contribution in [0.4, 0.5) is 0 Å². The monoisotopic (exact) mass is 535 g/mol. The van der Waals surface area contributed by atoms with E-state index in [0.29, 0.717) is 37.9 Å². The van der Waals surface area contributed by atoms with Gasteiger partial charge in [-0.05, 0) is 56.9 Å². The van der Waals surface area contributed by atoms with Gasteiger partial charge in [0.15, 0.2) is 10.9 Å². The van der Waals surface area contributed by atoms with Crippen LogP contribution in [0.5, 0.6) is 0 Å². The molecule has 0 fully saturated rings. The predicted molar refractivity (Wildman–Crippen MR) is 150 cm³/mol. The van der Waals surface area contributed by atoms with Crippen molar-refractivity contribution < 1.29 is 14.3 Å². The Kier molecular flexibility index (Phi) is 7.85. The number of carbonyl (C=O) groups excluding carboxylic acids is 2. The summed E-state index contributed by atoms with van der Waals surface area (Å²) in [6, 6.07) is 6.16. The highest BCUT2D eigenvalue weighted by Gasteiger charge is 2.24. The van der Waals surface area contributed by atoms with Gasteiger partial charge in [0.05, 0.1) is 29.0 Å². The average molecular weight is 536 g/mol. The number of hydrogen-bond donors (Lipinski definition) is 1. The fourth-order valence-corrected chi connectivity index (χ4v) is 6.14. The minimum Gasteiger partial charge on any atom is -0.462 e. The predicted octanol–water partition coefficient (Wildman–Crippen LogP) is 6.02. The number of ketones is 1. The van der Waals surface area contributed by atoms with Crippen molar-refractivity contribution in [2.45, 2.75) is 46.3 Å². The first-order chi connectivity index (χ1) is 17.7. The number of aryl methyl sites for hydroxylation is 3. The molecule has 0 radical (unpaired) electrons. The van der Waals surface area contributed by atoms with Crippen LogP contribution < -0.4 is 5.56 Å². The van der Waals surface area contributed by atoms with E-state index < -0.39 is 5.97 Å². The summed E-state index contributed by atoms with van der Waals surface area (Å²) < 4.78 is 6.68. The molecule has 37 heavy (non-hydrogen) atoms. The van der Waals surface area contributed by atoms with Crippen LogP contribution >= 0.6 is 23.1 Å². The molecule has 9 heteroatoms. The number of nitrogens with one attached hydrogen (secondary N) is 1. The zero-order valence-corrected chi connectivity index (χ0v) is 23.2. The molecule has 0 spiro atoms. The third-order valence-corrected chi connectivity index (χ3v) is 8.17. The van der Waals surface area contributed by atoms with Crippen molar-refractivity contribution in [3.05, 3.63) is 80.2 Å². The van der Waals surface area contributed by atoms with Gasteiger partial charge in [-0.15, -0.1) is 17.9 Å². The molecular formula is C28H29N3O4S2. The van der Waals surface area contributed by atoms with E-state index in [1.807, 2.05) is 11.4 Å². The highest BCUT2D eigenvalue weighted by atomic mass is 32.2. The Morgan fingerprint density at radius 3 is 2.65 bits per heavy atom. The van der Waals surface area contributed by atoms with Gasteiger partial charge in [0.1, 0.15) is 4.83 Å². The quantitative estimate of drug-likeness (QED) is 0.0925. The summed E-state index contributed by atoms with van der Waals surface area (Å²) in [4.78, 5) is 47.5. The van der Waals surface area contributed by atoms with Gasteiger partial charge in [-0.3, -0.25) is 14.2 Å². The minimum absolute atomic E-state index is 0.0491. The number of hydrogen-bond acceptors (Lipinski definition) is 7. The lowest BCUT2D eigenvalue weighted by Crippen LogP contribution is -2.23. The fraction of sp³-hybridized carbons (Fsp3) is 0.286. The molecule has 0 amide bonds. The molecule has 7 nitrogen and oxygen atoms in total. The number of allylic oxidation sites excluding steroid dienone is 1. The van der Waals surface area contributed by atoms with Crippen LogP contribution in [0, 0.1) is 27.7 Å². The van der Waals surface area contributed by atoms with Crippen LogP contribution in [0.1, 0.15) is 50.2 Å². The Bertz CT molecular complexity index is 1590. The Balaban J connectivity index is 1.68. The average Bonchev–Trinajstić information content (AvgIpc) is 3.42. The number of ether oxygens (including phenoxy) is 1. The number of aromatic amines is 1. The van der Waals surface area contributed by atoms with Crippen LogP contribution in [0.2, 0.25) is 0 Å². The number of fused-ring (bicyclic) bond motifs is 1. The maximum absolute atomic E-state index is 13.6. The van der Waals surface area contributed by atoms with Gasteiger partial charge >= 0.3 is 5.97 Å². The van der Waals surface area contributed by atoms with Crippen molar-refractivity contribution in [2.75, 3.05) is 12.4 Å². The zero-order chi connectivity index (χ0) is 26.9. The molecule has 0 aliphatic carbocycles. The molecular weight excluding hydrogens is 506 g/mol. The number of rotatable bonds is 9. The van der Waals surface area contributed by atoms with Crippen LogP contribution in [0.25, 0.3) is 21.3 Å². The van der Waals surface area contributed by atoms with Crippen LogP contribution in [-0.4, -0.2) is 38.6 Å². The third-order valence-electron chi connectivity index (χ3n) is 6.32. The van der Waals surface area contributed by atoms with Crippen molar-refractivity contribution in [3.8, 4) is 11.1 Å². The first kappa shape index (κ1) is 26.6. The standard InChI is InChI=1S/C28H29N3O4S2/c1-7-11-31-26(33)23-20(19-10-9-15(3)16(4)12-19)13-36-25(23)30-28(31)37-14-21(32)24-17(5)22(18(6)29-24)27(34)35-8-2/h7,9-10,12-13,29H,1,8,11,14H2,2-6H3. The molecule has 4 aromatic rings. The number of benzene rings is 1. The number of aromatic nitrogens is 3. The number of thioether (sulfide) groups is 1. The molecule has 0 unspecified atom stereocenters. The number of H-pyrrole nitrogens is 1.